The predicted octanol–water partition coefficient (Wildman–Crippen LogP) is 4.63. The largest absolute Gasteiger partial charge is 0.496 e. The van der Waals surface area contributed by atoms with Crippen LogP contribution in [0.3, 0.4) is 0 Å². The monoisotopic (exact) mass is 379 g/mol. The Kier molecular flexibility index (Phi) is 5.80. The molecule has 0 aliphatic heterocycles. The molecule has 0 N–H and O–H groups in total. The number of aromatic nitrogens is 2. The normalized spacial score (nSPS) is 13.6. The quantitative estimate of drug-likeness (QED) is 0.600. The van der Waals surface area contributed by atoms with Crippen molar-refractivity contribution < 1.29 is 4.74 Å². The molecule has 4 nitrogen and oxygen atoms in total. The third kappa shape index (κ3) is 4.54. The Morgan fingerprint density at radius 2 is 1.93 bits per heavy atom. The van der Waals surface area contributed by atoms with Crippen LogP contribution in [0.5, 0.6) is 5.75 Å². The molecular weight excluding hydrogens is 354 g/mol. The average Bonchev–Trinajstić information content (AvgIpc) is 3.11. The molecule has 1 aliphatic rings. The van der Waals surface area contributed by atoms with E-state index in [1.165, 1.54) is 46.0 Å². The van der Waals surface area contributed by atoms with Gasteiger partial charge in [-0.1, -0.05) is 24.3 Å². The van der Waals surface area contributed by atoms with E-state index in [1.807, 2.05) is 41.9 Å². The van der Waals surface area contributed by atoms with Crippen LogP contribution in [-0.2, 0) is 32.5 Å². The van der Waals surface area contributed by atoms with Gasteiger partial charge in [0.15, 0.2) is 0 Å². The first-order valence-electron chi connectivity index (χ1n) is 9.52. The fourth-order valence-corrected chi connectivity index (χ4v) is 4.86. The highest BCUT2D eigenvalue weighted by molar-refractivity contribution is 7.11. The molecular formula is C22H25N3OS. The molecule has 2 aromatic heterocycles. The van der Waals surface area contributed by atoms with Crippen molar-refractivity contribution in [3.05, 3.63) is 75.5 Å². The summed E-state index contributed by atoms with van der Waals surface area (Å²) in [6.07, 6.45) is 8.68. The molecule has 0 saturated carbocycles. The van der Waals surface area contributed by atoms with Crippen LogP contribution >= 0.6 is 11.3 Å². The second-order valence-electron chi connectivity index (χ2n) is 7.00. The number of nitrogens with zero attached hydrogens (tertiary/aromatic N) is 3. The van der Waals surface area contributed by atoms with Crippen LogP contribution in [0.1, 0.15) is 39.5 Å². The van der Waals surface area contributed by atoms with Gasteiger partial charge in [0, 0.05) is 35.9 Å². The van der Waals surface area contributed by atoms with Crippen molar-refractivity contribution in [1.82, 2.24) is 14.9 Å². The number of pyridine rings is 1. The summed E-state index contributed by atoms with van der Waals surface area (Å²) in [6.45, 7) is 2.52. The van der Waals surface area contributed by atoms with Gasteiger partial charge in [0.2, 0.25) is 0 Å². The van der Waals surface area contributed by atoms with Gasteiger partial charge < -0.3 is 4.74 Å². The Morgan fingerprint density at radius 3 is 2.74 bits per heavy atom. The Morgan fingerprint density at radius 1 is 1.04 bits per heavy atom. The van der Waals surface area contributed by atoms with Gasteiger partial charge in [-0.2, -0.15) is 0 Å². The predicted molar refractivity (Wildman–Crippen MR) is 109 cm³/mol. The molecule has 5 heteroatoms. The van der Waals surface area contributed by atoms with Crippen molar-refractivity contribution in [1.29, 1.82) is 0 Å². The summed E-state index contributed by atoms with van der Waals surface area (Å²) in [6, 6.07) is 12.4. The third-order valence-corrected chi connectivity index (χ3v) is 6.11. The number of ether oxygens (including phenoxy) is 1. The molecule has 0 fully saturated rings. The first-order valence-corrected chi connectivity index (χ1v) is 10.3. The second-order valence-corrected chi connectivity index (χ2v) is 8.17. The Bertz CT molecular complexity index is 855. The molecule has 4 rings (SSSR count). The lowest BCUT2D eigenvalue weighted by Gasteiger charge is -2.22. The third-order valence-electron chi connectivity index (χ3n) is 4.96. The molecule has 0 radical (unpaired) electrons. The fourth-order valence-electron chi connectivity index (χ4n) is 3.66. The summed E-state index contributed by atoms with van der Waals surface area (Å²) in [5, 5.41) is 1.22. The van der Waals surface area contributed by atoms with E-state index in [1.54, 1.807) is 7.11 Å². The molecule has 0 saturated heterocycles. The maximum absolute atomic E-state index is 5.56. The summed E-state index contributed by atoms with van der Waals surface area (Å²) in [5.41, 5.74) is 3.75. The minimum Gasteiger partial charge on any atom is -0.496 e. The van der Waals surface area contributed by atoms with E-state index < -0.39 is 0 Å². The Labute approximate surface area is 164 Å². The van der Waals surface area contributed by atoms with Crippen LogP contribution in [0.4, 0.5) is 0 Å². The number of rotatable bonds is 7. The minimum absolute atomic E-state index is 0.823. The average molecular weight is 380 g/mol. The lowest BCUT2D eigenvalue weighted by molar-refractivity contribution is 0.243. The van der Waals surface area contributed by atoms with Gasteiger partial charge >= 0.3 is 0 Å². The molecule has 1 aromatic carbocycles. The van der Waals surface area contributed by atoms with Gasteiger partial charge in [-0.3, -0.25) is 9.88 Å². The van der Waals surface area contributed by atoms with Crippen LogP contribution in [0.15, 0.2) is 48.8 Å². The molecule has 0 bridgehead atoms. The van der Waals surface area contributed by atoms with Crippen molar-refractivity contribution in [2.24, 2.45) is 0 Å². The van der Waals surface area contributed by atoms with Crippen molar-refractivity contribution in [2.45, 2.75) is 45.3 Å². The number of benzene rings is 1. The maximum atomic E-state index is 5.56. The second kappa shape index (κ2) is 8.63. The molecule has 1 aliphatic carbocycles. The van der Waals surface area contributed by atoms with Crippen LogP contribution in [-0.4, -0.2) is 22.0 Å². The van der Waals surface area contributed by atoms with Crippen LogP contribution < -0.4 is 4.74 Å². The van der Waals surface area contributed by atoms with E-state index in [0.717, 1.165) is 31.8 Å². The number of methoxy groups -OCH3 is 1. The first kappa shape index (κ1) is 18.1. The fraction of sp³-hybridized carbons (Fsp3) is 0.364. The SMILES string of the molecule is COc1ccccc1CN(Cc1cccnc1)Cc1nc2c(s1)CCCC2. The summed E-state index contributed by atoms with van der Waals surface area (Å²) < 4.78 is 5.56. The Balaban J connectivity index is 1.56. The van der Waals surface area contributed by atoms with Gasteiger partial charge in [0.05, 0.1) is 19.3 Å². The standard InChI is InChI=1S/C22H25N3OS/c1-26-20-10-4-2-8-18(20)15-25(14-17-7-6-12-23-13-17)16-22-24-19-9-3-5-11-21(19)27-22/h2,4,6-8,10,12-13H,3,5,9,11,14-16H2,1H3. The zero-order chi connectivity index (χ0) is 18.5. The van der Waals surface area contributed by atoms with E-state index in [-0.39, 0.29) is 0 Å². The zero-order valence-corrected chi connectivity index (χ0v) is 16.5. The first-order chi connectivity index (χ1) is 13.3. The van der Waals surface area contributed by atoms with Gasteiger partial charge in [-0.05, 0) is 43.4 Å². The number of hydrogen-bond acceptors (Lipinski definition) is 5. The minimum atomic E-state index is 0.823. The van der Waals surface area contributed by atoms with Gasteiger partial charge in [0.25, 0.3) is 0 Å². The van der Waals surface area contributed by atoms with E-state index in [2.05, 4.69) is 28.1 Å². The lowest BCUT2D eigenvalue weighted by atomic mass is 10.0. The summed E-state index contributed by atoms with van der Waals surface area (Å²) in [7, 11) is 1.74. The lowest BCUT2D eigenvalue weighted by Crippen LogP contribution is -2.22. The molecule has 0 atom stereocenters. The zero-order valence-electron chi connectivity index (χ0n) is 15.7. The molecule has 3 aromatic rings. The van der Waals surface area contributed by atoms with Crippen LogP contribution in [0.2, 0.25) is 0 Å². The van der Waals surface area contributed by atoms with E-state index in [0.29, 0.717) is 0 Å². The highest BCUT2D eigenvalue weighted by atomic mass is 32.1. The van der Waals surface area contributed by atoms with E-state index in [9.17, 15) is 0 Å². The number of aryl methyl sites for hydroxylation is 2. The molecule has 140 valence electrons. The maximum Gasteiger partial charge on any atom is 0.123 e. The number of para-hydroxylation sites is 1. The summed E-state index contributed by atoms with van der Waals surface area (Å²) >= 11 is 1.90. The topological polar surface area (TPSA) is 38.2 Å². The molecule has 0 amide bonds. The Hall–Kier alpha value is -2.24. The molecule has 2 heterocycles. The molecule has 27 heavy (non-hydrogen) atoms. The molecule has 0 spiro atoms. The van der Waals surface area contributed by atoms with E-state index in [4.69, 9.17) is 9.72 Å². The number of hydrogen-bond donors (Lipinski definition) is 0. The van der Waals surface area contributed by atoms with Crippen molar-refractivity contribution in [3.63, 3.8) is 0 Å². The van der Waals surface area contributed by atoms with Gasteiger partial charge in [0.1, 0.15) is 10.8 Å². The molecule has 0 unspecified atom stereocenters. The number of fused-ring (bicyclic) bond motifs is 1. The van der Waals surface area contributed by atoms with E-state index >= 15 is 0 Å². The van der Waals surface area contributed by atoms with Crippen LogP contribution in [0.25, 0.3) is 0 Å². The van der Waals surface area contributed by atoms with Crippen molar-refractivity contribution in [3.8, 4) is 5.75 Å². The summed E-state index contributed by atoms with van der Waals surface area (Å²) in [5.74, 6) is 0.937. The van der Waals surface area contributed by atoms with Gasteiger partial charge in [-0.25, -0.2) is 4.98 Å². The smallest absolute Gasteiger partial charge is 0.123 e. The van der Waals surface area contributed by atoms with Crippen molar-refractivity contribution >= 4 is 11.3 Å². The van der Waals surface area contributed by atoms with Crippen molar-refractivity contribution in [2.75, 3.05) is 7.11 Å². The van der Waals surface area contributed by atoms with Crippen LogP contribution in [0, 0.1) is 0 Å². The highest BCUT2D eigenvalue weighted by Crippen LogP contribution is 2.28. The number of thiazole rings is 1. The van der Waals surface area contributed by atoms with Gasteiger partial charge in [-0.15, -0.1) is 11.3 Å². The highest BCUT2D eigenvalue weighted by Gasteiger charge is 2.18. The summed E-state index contributed by atoms with van der Waals surface area (Å²) in [4.78, 5) is 13.1.